The fourth-order valence-corrected chi connectivity index (χ4v) is 3.46. The predicted molar refractivity (Wildman–Crippen MR) is 103 cm³/mol. The van der Waals surface area contributed by atoms with Crippen molar-refractivity contribution >= 4 is 29.8 Å². The lowest BCUT2D eigenvalue weighted by Gasteiger charge is -2.30. The van der Waals surface area contributed by atoms with Crippen LogP contribution in [0.25, 0.3) is 5.52 Å². The number of fused-ring (bicyclic) bond motifs is 1. The Morgan fingerprint density at radius 3 is 2.41 bits per heavy atom. The van der Waals surface area contributed by atoms with Crippen LogP contribution in [0.4, 0.5) is 20.2 Å². The standard InChI is InChI=1S/C18H22N4O10/c1-18(11-6-5-9-14(19)20-8-21-22(9)11)13(31-17(25)28-4)12(30-16(24)27-3)10(32-18)7-29-15(23)26-2/h5-6,8,10,12-13H,7H2,1-4H3,(H2,19,20,21)/t10-,12-,13-,18+/m1/s1. The number of nitrogens with zero attached hydrogens (tertiary/aromatic N) is 3. The first kappa shape index (κ1) is 22.9. The number of anilines is 1. The zero-order valence-corrected chi connectivity index (χ0v) is 17.7. The molecule has 0 saturated carbocycles. The maximum Gasteiger partial charge on any atom is 0.508 e. The minimum atomic E-state index is -1.47. The van der Waals surface area contributed by atoms with Gasteiger partial charge in [0.2, 0.25) is 0 Å². The van der Waals surface area contributed by atoms with Gasteiger partial charge in [-0.3, -0.25) is 0 Å². The number of rotatable bonds is 5. The van der Waals surface area contributed by atoms with E-state index in [9.17, 15) is 14.4 Å². The van der Waals surface area contributed by atoms with Crippen molar-refractivity contribution in [1.29, 1.82) is 0 Å². The van der Waals surface area contributed by atoms with Gasteiger partial charge in [0.15, 0.2) is 18.0 Å². The average Bonchev–Trinajstić information content (AvgIpc) is 3.34. The van der Waals surface area contributed by atoms with Crippen LogP contribution in [0.1, 0.15) is 12.6 Å². The van der Waals surface area contributed by atoms with E-state index in [1.54, 1.807) is 19.1 Å². The van der Waals surface area contributed by atoms with Gasteiger partial charge in [-0.05, 0) is 19.1 Å². The van der Waals surface area contributed by atoms with E-state index in [1.807, 2.05) is 0 Å². The maximum atomic E-state index is 12.0. The van der Waals surface area contributed by atoms with Gasteiger partial charge >= 0.3 is 18.5 Å². The van der Waals surface area contributed by atoms with Crippen LogP contribution >= 0.6 is 0 Å². The summed E-state index contributed by atoms with van der Waals surface area (Å²) in [5.74, 6) is 0.200. The lowest BCUT2D eigenvalue weighted by Crippen LogP contribution is -2.45. The highest BCUT2D eigenvalue weighted by molar-refractivity contribution is 5.66. The molecule has 0 bridgehead atoms. The Hall–Kier alpha value is -3.81. The van der Waals surface area contributed by atoms with Crippen molar-refractivity contribution in [1.82, 2.24) is 14.6 Å². The molecule has 4 atom stereocenters. The molecule has 0 radical (unpaired) electrons. The van der Waals surface area contributed by atoms with Crippen molar-refractivity contribution in [2.75, 3.05) is 33.7 Å². The first-order valence-corrected chi connectivity index (χ1v) is 9.21. The first-order valence-electron chi connectivity index (χ1n) is 9.21. The fraction of sp³-hybridized carbons (Fsp3) is 0.500. The molecule has 14 heteroatoms. The third-order valence-corrected chi connectivity index (χ3v) is 4.92. The molecule has 0 spiro atoms. The molecular formula is C18H22N4O10. The van der Waals surface area contributed by atoms with Gasteiger partial charge in [0.25, 0.3) is 0 Å². The zero-order valence-electron chi connectivity index (χ0n) is 17.7. The maximum absolute atomic E-state index is 12.0. The number of methoxy groups -OCH3 is 3. The van der Waals surface area contributed by atoms with Crippen molar-refractivity contribution in [2.24, 2.45) is 0 Å². The van der Waals surface area contributed by atoms with Crippen molar-refractivity contribution in [3.05, 3.63) is 24.2 Å². The van der Waals surface area contributed by atoms with Crippen LogP contribution in [0.5, 0.6) is 0 Å². The highest BCUT2D eigenvalue weighted by Crippen LogP contribution is 2.43. The molecule has 2 N–H and O–H groups in total. The summed E-state index contributed by atoms with van der Waals surface area (Å²) in [6, 6.07) is 3.27. The van der Waals surface area contributed by atoms with Crippen LogP contribution in [0.15, 0.2) is 18.5 Å². The molecule has 32 heavy (non-hydrogen) atoms. The minimum absolute atomic E-state index is 0.200. The number of hydrogen-bond acceptors (Lipinski definition) is 13. The van der Waals surface area contributed by atoms with Gasteiger partial charge in [-0.15, -0.1) is 0 Å². The quantitative estimate of drug-likeness (QED) is 0.501. The summed E-state index contributed by atoms with van der Waals surface area (Å²) in [5, 5.41) is 4.18. The van der Waals surface area contributed by atoms with Crippen molar-refractivity contribution in [2.45, 2.75) is 30.8 Å². The Balaban J connectivity index is 2.08. The number of hydrogen-bond donors (Lipinski definition) is 1. The molecule has 1 fully saturated rings. The molecule has 1 aliphatic heterocycles. The molecule has 3 heterocycles. The summed E-state index contributed by atoms with van der Waals surface area (Å²) in [6.07, 6.45) is -5.50. The van der Waals surface area contributed by atoms with Gasteiger partial charge < -0.3 is 38.9 Å². The van der Waals surface area contributed by atoms with Gasteiger partial charge in [0.05, 0.1) is 27.0 Å². The van der Waals surface area contributed by atoms with E-state index in [-0.39, 0.29) is 5.82 Å². The van der Waals surface area contributed by atoms with Crippen LogP contribution < -0.4 is 5.73 Å². The summed E-state index contributed by atoms with van der Waals surface area (Å²) in [6.45, 7) is 1.18. The molecule has 0 amide bonds. The van der Waals surface area contributed by atoms with E-state index in [2.05, 4.69) is 24.3 Å². The van der Waals surface area contributed by atoms with Crippen LogP contribution in [-0.4, -0.2) is 79.3 Å². The summed E-state index contributed by atoms with van der Waals surface area (Å²) >= 11 is 0. The largest absolute Gasteiger partial charge is 0.508 e. The van der Waals surface area contributed by atoms with E-state index in [0.717, 1.165) is 21.3 Å². The first-order chi connectivity index (χ1) is 15.2. The molecule has 1 saturated heterocycles. The average molecular weight is 454 g/mol. The van der Waals surface area contributed by atoms with Crippen molar-refractivity contribution < 1.29 is 47.5 Å². The summed E-state index contributed by atoms with van der Waals surface area (Å²) in [4.78, 5) is 39.4. The molecular weight excluding hydrogens is 432 g/mol. The van der Waals surface area contributed by atoms with Crippen molar-refractivity contribution in [3.63, 3.8) is 0 Å². The lowest BCUT2D eigenvalue weighted by atomic mass is 9.93. The Bertz CT molecular complexity index is 1010. The second-order valence-electron chi connectivity index (χ2n) is 6.72. The van der Waals surface area contributed by atoms with Gasteiger partial charge in [-0.2, -0.15) is 5.10 Å². The predicted octanol–water partition coefficient (Wildman–Crippen LogP) is 1.01. The second kappa shape index (κ2) is 9.13. The molecule has 174 valence electrons. The molecule has 14 nitrogen and oxygen atoms in total. The number of aromatic nitrogens is 3. The summed E-state index contributed by atoms with van der Waals surface area (Å²) in [7, 11) is 3.35. The second-order valence-corrected chi connectivity index (χ2v) is 6.72. The smallest absolute Gasteiger partial charge is 0.438 e. The summed E-state index contributed by atoms with van der Waals surface area (Å²) < 4.78 is 36.9. The number of nitrogen functional groups attached to an aromatic ring is 1. The Morgan fingerprint density at radius 1 is 1.09 bits per heavy atom. The van der Waals surface area contributed by atoms with Gasteiger partial charge in [0.1, 0.15) is 30.2 Å². The third-order valence-electron chi connectivity index (χ3n) is 4.92. The third kappa shape index (κ3) is 4.16. The fourth-order valence-electron chi connectivity index (χ4n) is 3.46. The van der Waals surface area contributed by atoms with E-state index in [1.165, 1.54) is 10.8 Å². The van der Waals surface area contributed by atoms with E-state index in [0.29, 0.717) is 11.2 Å². The molecule has 1 aliphatic rings. The monoisotopic (exact) mass is 454 g/mol. The molecule has 0 aromatic carbocycles. The number of nitrogens with two attached hydrogens (primary N) is 1. The topological polar surface area (TPSA) is 172 Å². The minimum Gasteiger partial charge on any atom is -0.438 e. The van der Waals surface area contributed by atoms with Gasteiger partial charge in [-0.1, -0.05) is 0 Å². The lowest BCUT2D eigenvalue weighted by molar-refractivity contribution is -0.100. The number of ether oxygens (including phenoxy) is 7. The Kier molecular flexibility index (Phi) is 6.53. The molecule has 2 aromatic rings. The highest BCUT2D eigenvalue weighted by atomic mass is 16.8. The van der Waals surface area contributed by atoms with E-state index in [4.69, 9.17) is 24.7 Å². The van der Waals surface area contributed by atoms with Crippen molar-refractivity contribution in [3.8, 4) is 0 Å². The normalized spacial score (nSPS) is 24.6. The molecule has 0 unspecified atom stereocenters. The van der Waals surface area contributed by atoms with Gasteiger partial charge in [-0.25, -0.2) is 23.9 Å². The molecule has 3 rings (SSSR count). The Morgan fingerprint density at radius 2 is 1.75 bits per heavy atom. The SMILES string of the molecule is COC(=O)OC[C@H]1O[C@@](C)(c2ccc3c(N)ncnn23)[C@H](OC(=O)OC)[C@@H]1OC(=O)OC. The van der Waals surface area contributed by atoms with Crippen LogP contribution in [0.2, 0.25) is 0 Å². The number of carbonyl (C=O) groups excluding carboxylic acids is 3. The molecule has 0 aliphatic carbocycles. The summed E-state index contributed by atoms with van der Waals surface area (Å²) in [5.41, 5.74) is 5.29. The number of carbonyl (C=O) groups is 3. The molecule has 2 aromatic heterocycles. The van der Waals surface area contributed by atoms with Crippen LogP contribution in [-0.2, 0) is 38.8 Å². The van der Waals surface area contributed by atoms with E-state index < -0.39 is 49.0 Å². The highest BCUT2D eigenvalue weighted by Gasteiger charge is 2.59. The zero-order chi connectivity index (χ0) is 23.5. The van der Waals surface area contributed by atoms with E-state index >= 15 is 0 Å². The Labute approximate surface area is 181 Å². The van der Waals surface area contributed by atoms with Gasteiger partial charge in [0, 0.05) is 0 Å². The van der Waals surface area contributed by atoms with Crippen LogP contribution in [0, 0.1) is 0 Å². The van der Waals surface area contributed by atoms with Crippen LogP contribution in [0.3, 0.4) is 0 Å².